The summed E-state index contributed by atoms with van der Waals surface area (Å²) >= 11 is 0. The molecule has 0 unspecified atom stereocenters. The van der Waals surface area contributed by atoms with Crippen molar-refractivity contribution in [2.75, 3.05) is 10.6 Å². The lowest BCUT2D eigenvalue weighted by Crippen LogP contribution is -2.23. The van der Waals surface area contributed by atoms with Gasteiger partial charge in [0.15, 0.2) is 12.4 Å². The fourth-order valence-corrected chi connectivity index (χ4v) is 2.84. The minimum atomic E-state index is -4.59. The number of aromatic nitrogens is 4. The van der Waals surface area contributed by atoms with Gasteiger partial charge in [-0.05, 0) is 42.5 Å². The van der Waals surface area contributed by atoms with Crippen LogP contribution < -0.4 is 20.1 Å². The van der Waals surface area contributed by atoms with Crippen molar-refractivity contribution >= 4 is 17.4 Å². The number of anilines is 2. The third kappa shape index (κ3) is 5.36. The largest absolute Gasteiger partial charge is 0.619 e. The monoisotopic (exact) mass is 456 g/mol. The van der Waals surface area contributed by atoms with Crippen molar-refractivity contribution < 1.29 is 27.4 Å². The molecule has 2 heterocycles. The summed E-state index contributed by atoms with van der Waals surface area (Å²) in [6.45, 7) is 0. The number of ether oxygens (including phenoxy) is 1. The maximum absolute atomic E-state index is 13.1. The fraction of sp³-hybridized carbons (Fsp3) is 0.0476. The molecule has 33 heavy (non-hydrogen) atoms. The third-order valence-corrected chi connectivity index (χ3v) is 4.36. The van der Waals surface area contributed by atoms with Crippen LogP contribution in [-0.4, -0.2) is 21.0 Å². The van der Waals surface area contributed by atoms with Crippen LogP contribution in [0.3, 0.4) is 0 Å². The van der Waals surface area contributed by atoms with Crippen LogP contribution in [0.1, 0.15) is 5.56 Å². The number of nitrogens with zero attached hydrogens (tertiary/aromatic N) is 4. The predicted octanol–water partition coefficient (Wildman–Crippen LogP) is 4.36. The molecule has 0 aliphatic carbocycles. The van der Waals surface area contributed by atoms with Gasteiger partial charge in [0.1, 0.15) is 11.5 Å². The maximum atomic E-state index is 13.1. The Labute approximate surface area is 184 Å². The number of halogens is 3. The lowest BCUT2D eigenvalue weighted by Gasteiger charge is -2.15. The Bertz CT molecular complexity index is 1240. The molecule has 0 aliphatic heterocycles. The third-order valence-electron chi connectivity index (χ3n) is 4.36. The second-order valence-corrected chi connectivity index (χ2v) is 6.68. The summed E-state index contributed by atoms with van der Waals surface area (Å²) in [5, 5.41) is 23.4. The highest BCUT2D eigenvalue weighted by molar-refractivity contribution is 6.01. The quantitative estimate of drug-likeness (QED) is 0.343. The fourth-order valence-electron chi connectivity index (χ4n) is 2.84. The lowest BCUT2D eigenvalue weighted by atomic mass is 10.1. The van der Waals surface area contributed by atoms with E-state index in [1.54, 1.807) is 24.3 Å². The number of benzene rings is 2. The highest BCUT2D eigenvalue weighted by Crippen LogP contribution is 2.33. The molecule has 168 valence electrons. The van der Waals surface area contributed by atoms with Crippen molar-refractivity contribution in [1.29, 1.82) is 0 Å². The minimum absolute atomic E-state index is 0.104. The number of rotatable bonds is 5. The summed E-state index contributed by atoms with van der Waals surface area (Å²) in [7, 11) is 0. The van der Waals surface area contributed by atoms with Crippen molar-refractivity contribution in [3.8, 4) is 17.2 Å². The molecule has 0 bridgehead atoms. The van der Waals surface area contributed by atoms with Crippen LogP contribution in [0.2, 0.25) is 0 Å². The first-order valence-corrected chi connectivity index (χ1v) is 9.41. The Morgan fingerprint density at radius 2 is 1.70 bits per heavy atom. The molecule has 2 amide bonds. The van der Waals surface area contributed by atoms with Gasteiger partial charge < -0.3 is 20.6 Å². The molecule has 0 spiro atoms. The first kappa shape index (κ1) is 21.6. The van der Waals surface area contributed by atoms with E-state index in [0.29, 0.717) is 21.9 Å². The molecule has 4 aromatic rings. The van der Waals surface area contributed by atoms with Gasteiger partial charge in [0.25, 0.3) is 0 Å². The highest BCUT2D eigenvalue weighted by Gasteiger charge is 2.31. The van der Waals surface area contributed by atoms with E-state index < -0.39 is 17.8 Å². The van der Waals surface area contributed by atoms with Gasteiger partial charge in [-0.15, -0.1) is 5.10 Å². The smallest absolute Gasteiger partial charge is 0.416 e. The van der Waals surface area contributed by atoms with Gasteiger partial charge in [-0.2, -0.15) is 17.9 Å². The molecule has 0 atom stereocenters. The number of alkyl halides is 3. The second kappa shape index (κ2) is 8.86. The van der Waals surface area contributed by atoms with Crippen LogP contribution in [0, 0.1) is 5.21 Å². The topological polar surface area (TPSA) is 108 Å². The van der Waals surface area contributed by atoms with E-state index >= 15 is 0 Å². The summed E-state index contributed by atoms with van der Waals surface area (Å²) in [5.74, 6) is 0.904. The highest BCUT2D eigenvalue weighted by atomic mass is 19.4. The Morgan fingerprint density at radius 3 is 2.33 bits per heavy atom. The van der Waals surface area contributed by atoms with E-state index in [2.05, 4.69) is 20.9 Å². The summed E-state index contributed by atoms with van der Waals surface area (Å²) in [4.78, 5) is 12.5. The second-order valence-electron chi connectivity index (χ2n) is 6.68. The van der Waals surface area contributed by atoms with Gasteiger partial charge in [-0.25, -0.2) is 9.48 Å². The molecule has 0 saturated carbocycles. The van der Waals surface area contributed by atoms with E-state index in [4.69, 9.17) is 4.74 Å². The van der Waals surface area contributed by atoms with Crippen LogP contribution in [0.5, 0.6) is 11.5 Å². The molecule has 2 aromatic heterocycles. The molecule has 0 saturated heterocycles. The van der Waals surface area contributed by atoms with E-state index in [1.165, 1.54) is 47.7 Å². The molecule has 0 fully saturated rings. The molecular formula is C21H15F3N6O3. The number of amides is 2. The Morgan fingerprint density at radius 1 is 1.00 bits per heavy atom. The Hall–Kier alpha value is -4.61. The number of pyridine rings is 1. The van der Waals surface area contributed by atoms with Gasteiger partial charge >= 0.3 is 12.2 Å². The zero-order chi connectivity index (χ0) is 23.4. The van der Waals surface area contributed by atoms with Gasteiger partial charge in [0.2, 0.25) is 0 Å². The van der Waals surface area contributed by atoms with Crippen LogP contribution in [-0.2, 0) is 6.18 Å². The minimum Gasteiger partial charge on any atom is -0.619 e. The molecular weight excluding hydrogens is 441 g/mol. The van der Waals surface area contributed by atoms with E-state index in [1.807, 2.05) is 0 Å². The number of nitrogens with one attached hydrogen (secondary N) is 2. The van der Waals surface area contributed by atoms with E-state index in [0.717, 1.165) is 12.1 Å². The van der Waals surface area contributed by atoms with Crippen LogP contribution >= 0.6 is 0 Å². The zero-order valence-corrected chi connectivity index (χ0v) is 16.7. The normalized spacial score (nSPS) is 11.1. The summed E-state index contributed by atoms with van der Waals surface area (Å²) in [5.41, 5.74) is -0.444. The summed E-state index contributed by atoms with van der Waals surface area (Å²) in [6.07, 6.45) is 0.789. The number of carbonyl (C=O) groups excluding carboxylic acids is 1. The molecule has 0 radical (unpaired) electrons. The molecule has 4 rings (SSSR count). The molecule has 2 N–H and O–H groups in total. The van der Waals surface area contributed by atoms with Crippen molar-refractivity contribution in [3.05, 3.63) is 90.2 Å². The number of carbonyl (C=O) groups is 1. The summed E-state index contributed by atoms with van der Waals surface area (Å²) < 4.78 is 46.9. The first-order chi connectivity index (χ1) is 15.8. The molecule has 12 heteroatoms. The lowest BCUT2D eigenvalue weighted by molar-refractivity contribution is -0.605. The van der Waals surface area contributed by atoms with Gasteiger partial charge in [-0.3, -0.25) is 0 Å². The zero-order valence-electron chi connectivity index (χ0n) is 16.7. The number of hydrogen-bond acceptors (Lipinski definition) is 5. The van der Waals surface area contributed by atoms with Crippen molar-refractivity contribution in [1.82, 2.24) is 15.0 Å². The summed E-state index contributed by atoms with van der Waals surface area (Å²) in [6, 6.07) is 11.4. The first-order valence-electron chi connectivity index (χ1n) is 9.41. The van der Waals surface area contributed by atoms with Crippen molar-refractivity contribution in [3.63, 3.8) is 0 Å². The predicted molar refractivity (Wildman–Crippen MR) is 111 cm³/mol. The van der Waals surface area contributed by atoms with Gasteiger partial charge in [0, 0.05) is 17.8 Å². The molecule has 9 nitrogen and oxygen atoms in total. The number of hydrogen-bond donors (Lipinski definition) is 2. The van der Waals surface area contributed by atoms with Gasteiger partial charge in [0.05, 0.1) is 29.3 Å². The van der Waals surface area contributed by atoms with Gasteiger partial charge in [-0.1, -0.05) is 5.21 Å². The Kier molecular flexibility index (Phi) is 5.81. The maximum Gasteiger partial charge on any atom is 0.416 e. The van der Waals surface area contributed by atoms with Crippen LogP contribution in [0.4, 0.5) is 29.3 Å². The SMILES string of the molecule is O=C(Nc1ccc(Oc2cc[n+]([O-])cc2)cc1)Nc1cc(C(F)(F)F)ccc1-n1ccnn1. The van der Waals surface area contributed by atoms with E-state index in [-0.39, 0.29) is 11.4 Å². The Balaban J connectivity index is 1.47. The van der Waals surface area contributed by atoms with Crippen molar-refractivity contribution in [2.24, 2.45) is 0 Å². The van der Waals surface area contributed by atoms with Crippen LogP contribution in [0.15, 0.2) is 79.4 Å². The van der Waals surface area contributed by atoms with Crippen LogP contribution in [0.25, 0.3) is 5.69 Å². The molecule has 0 aliphatic rings. The number of urea groups is 1. The average Bonchev–Trinajstić information content (AvgIpc) is 3.31. The van der Waals surface area contributed by atoms with Crippen molar-refractivity contribution in [2.45, 2.75) is 6.18 Å². The average molecular weight is 456 g/mol. The van der Waals surface area contributed by atoms with E-state index in [9.17, 15) is 23.2 Å². The molecule has 2 aromatic carbocycles. The standard InChI is InChI=1S/C21H15F3N6O3/c22-21(23,24)14-1-6-19(30-12-9-25-28-30)18(13-14)27-20(31)26-15-2-4-16(5-3-15)33-17-7-10-29(32)11-8-17/h1-13H,(H2,26,27,31).